The zero-order valence-electron chi connectivity index (χ0n) is 7.26. The molecular weight excluding hydrogens is 224 g/mol. The molecule has 0 bridgehead atoms. The number of hydrogen-bond donors (Lipinski definition) is 1. The van der Waals surface area contributed by atoms with E-state index >= 15 is 0 Å². The van der Waals surface area contributed by atoms with E-state index in [0.29, 0.717) is 29.7 Å². The first-order chi connectivity index (χ1) is 5.63. The Kier molecular flexibility index (Phi) is 5.80. The van der Waals surface area contributed by atoms with Crippen LogP contribution in [0, 0.1) is 0 Å². The second-order valence-electron chi connectivity index (χ2n) is 2.23. The lowest BCUT2D eigenvalue weighted by atomic mass is 10.2. The molecule has 0 aromatic rings. The van der Waals surface area contributed by atoms with E-state index in [9.17, 15) is 4.79 Å². The van der Waals surface area contributed by atoms with Crippen molar-refractivity contribution in [2.45, 2.75) is 20.3 Å². The van der Waals surface area contributed by atoms with Crippen LogP contribution in [0.3, 0.4) is 0 Å². The highest BCUT2D eigenvalue weighted by Crippen LogP contribution is 2.09. The van der Waals surface area contributed by atoms with E-state index in [0.717, 1.165) is 0 Å². The third kappa shape index (κ3) is 3.76. The lowest BCUT2D eigenvalue weighted by Crippen LogP contribution is -2.05. The molecule has 0 atom stereocenters. The summed E-state index contributed by atoms with van der Waals surface area (Å²) in [5.41, 5.74) is 0.343. The van der Waals surface area contributed by atoms with E-state index in [1.165, 1.54) is 0 Å². The molecule has 0 aromatic carbocycles. The maximum atomic E-state index is 10.6. The predicted octanol–water partition coefficient (Wildman–Crippen LogP) is 2.17. The van der Waals surface area contributed by atoms with Gasteiger partial charge in [-0.2, -0.15) is 0 Å². The van der Waals surface area contributed by atoms with E-state index < -0.39 is 5.97 Å². The zero-order chi connectivity index (χ0) is 9.56. The molecule has 0 spiro atoms. The fourth-order valence-corrected chi connectivity index (χ4v) is 0.991. The molecular formula is C8H13BrO3. The van der Waals surface area contributed by atoms with Gasteiger partial charge in [-0.1, -0.05) is 22.9 Å². The van der Waals surface area contributed by atoms with Crippen molar-refractivity contribution >= 4 is 21.9 Å². The number of ether oxygens (including phenoxy) is 1. The predicted molar refractivity (Wildman–Crippen MR) is 50.4 cm³/mol. The molecule has 0 unspecified atom stereocenters. The highest BCUT2D eigenvalue weighted by atomic mass is 79.9. The number of carboxylic acid groups (broad SMARTS) is 1. The topological polar surface area (TPSA) is 46.5 Å². The van der Waals surface area contributed by atoms with Gasteiger partial charge in [0.1, 0.15) is 5.76 Å². The Bertz CT molecular complexity index is 187. The van der Waals surface area contributed by atoms with Gasteiger partial charge in [-0.15, -0.1) is 0 Å². The van der Waals surface area contributed by atoms with Crippen molar-refractivity contribution < 1.29 is 14.6 Å². The van der Waals surface area contributed by atoms with Gasteiger partial charge in [0.25, 0.3) is 0 Å². The molecule has 0 saturated heterocycles. The van der Waals surface area contributed by atoms with Crippen molar-refractivity contribution in [2.75, 3.05) is 11.9 Å². The summed E-state index contributed by atoms with van der Waals surface area (Å²) in [6.07, 6.45) is 0.490. The second kappa shape index (κ2) is 6.06. The Balaban J connectivity index is 4.27. The Morgan fingerprint density at radius 2 is 2.17 bits per heavy atom. The van der Waals surface area contributed by atoms with Crippen LogP contribution in [0.4, 0.5) is 0 Å². The van der Waals surface area contributed by atoms with Crippen LogP contribution in [-0.4, -0.2) is 23.0 Å². The molecule has 0 aliphatic carbocycles. The minimum absolute atomic E-state index is 0.343. The fourth-order valence-electron chi connectivity index (χ4n) is 0.830. The summed E-state index contributed by atoms with van der Waals surface area (Å²) in [7, 11) is 0. The molecule has 4 heteroatoms. The first-order valence-corrected chi connectivity index (χ1v) is 4.87. The van der Waals surface area contributed by atoms with Crippen LogP contribution < -0.4 is 0 Å². The molecule has 0 aromatic heterocycles. The van der Waals surface area contributed by atoms with E-state index in [4.69, 9.17) is 9.84 Å². The largest absolute Gasteiger partial charge is 0.497 e. The molecule has 0 aliphatic heterocycles. The standard InChI is InChI=1S/C8H13BrO3/c1-3-7(8(10)11)6(2)12-5-4-9/h3-5H2,1-2H3,(H,10,11). The molecule has 12 heavy (non-hydrogen) atoms. The maximum absolute atomic E-state index is 10.6. The van der Waals surface area contributed by atoms with Crippen LogP contribution in [0.2, 0.25) is 0 Å². The molecule has 0 amide bonds. The smallest absolute Gasteiger partial charge is 0.334 e. The lowest BCUT2D eigenvalue weighted by Gasteiger charge is -2.07. The summed E-state index contributed by atoms with van der Waals surface area (Å²) < 4.78 is 5.16. The van der Waals surface area contributed by atoms with Gasteiger partial charge in [-0.25, -0.2) is 4.79 Å². The van der Waals surface area contributed by atoms with Crippen LogP contribution in [-0.2, 0) is 9.53 Å². The summed E-state index contributed by atoms with van der Waals surface area (Å²) in [4.78, 5) is 10.6. The molecule has 70 valence electrons. The Morgan fingerprint density at radius 1 is 1.58 bits per heavy atom. The molecule has 0 saturated carbocycles. The van der Waals surface area contributed by atoms with Gasteiger partial charge < -0.3 is 9.84 Å². The Morgan fingerprint density at radius 3 is 2.50 bits per heavy atom. The highest BCUT2D eigenvalue weighted by Gasteiger charge is 2.09. The quantitative estimate of drug-likeness (QED) is 0.452. The van der Waals surface area contributed by atoms with Crippen LogP contribution in [0.25, 0.3) is 0 Å². The number of allylic oxidation sites excluding steroid dienone is 1. The molecule has 1 N–H and O–H groups in total. The van der Waals surface area contributed by atoms with Gasteiger partial charge in [0.15, 0.2) is 0 Å². The van der Waals surface area contributed by atoms with Crippen molar-refractivity contribution in [1.29, 1.82) is 0 Å². The zero-order valence-corrected chi connectivity index (χ0v) is 8.85. The third-order valence-corrected chi connectivity index (χ3v) is 1.76. The Hall–Kier alpha value is -0.510. The fraction of sp³-hybridized carbons (Fsp3) is 0.625. The summed E-state index contributed by atoms with van der Waals surface area (Å²) in [6.45, 7) is 3.97. The first-order valence-electron chi connectivity index (χ1n) is 3.75. The van der Waals surface area contributed by atoms with Gasteiger partial charge in [0, 0.05) is 5.33 Å². The van der Waals surface area contributed by atoms with Gasteiger partial charge in [-0.05, 0) is 13.3 Å². The highest BCUT2D eigenvalue weighted by molar-refractivity contribution is 9.09. The molecule has 0 heterocycles. The minimum atomic E-state index is -0.899. The summed E-state index contributed by atoms with van der Waals surface area (Å²) in [5, 5.41) is 9.40. The summed E-state index contributed by atoms with van der Waals surface area (Å²) in [6, 6.07) is 0. The van der Waals surface area contributed by atoms with Gasteiger partial charge in [-0.3, -0.25) is 0 Å². The second-order valence-corrected chi connectivity index (χ2v) is 3.02. The Labute approximate surface area is 80.5 Å². The number of aliphatic carboxylic acids is 1. The average molecular weight is 237 g/mol. The van der Waals surface area contributed by atoms with E-state index in [-0.39, 0.29) is 0 Å². The summed E-state index contributed by atoms with van der Waals surface area (Å²) >= 11 is 3.19. The average Bonchev–Trinajstić information content (AvgIpc) is 2.01. The van der Waals surface area contributed by atoms with Gasteiger partial charge >= 0.3 is 5.97 Å². The van der Waals surface area contributed by atoms with E-state index in [2.05, 4.69) is 15.9 Å². The normalized spacial score (nSPS) is 12.2. The first kappa shape index (κ1) is 11.5. The number of carboxylic acids is 1. The monoisotopic (exact) mass is 236 g/mol. The van der Waals surface area contributed by atoms with Crippen LogP contribution >= 0.6 is 15.9 Å². The van der Waals surface area contributed by atoms with Crippen molar-refractivity contribution in [3.05, 3.63) is 11.3 Å². The van der Waals surface area contributed by atoms with Crippen molar-refractivity contribution in [3.63, 3.8) is 0 Å². The molecule has 0 rings (SSSR count). The van der Waals surface area contributed by atoms with E-state index in [1.807, 2.05) is 0 Å². The van der Waals surface area contributed by atoms with Crippen LogP contribution in [0.15, 0.2) is 11.3 Å². The number of alkyl halides is 1. The lowest BCUT2D eigenvalue weighted by molar-refractivity contribution is -0.133. The van der Waals surface area contributed by atoms with Crippen LogP contribution in [0.5, 0.6) is 0 Å². The van der Waals surface area contributed by atoms with Gasteiger partial charge in [0.05, 0.1) is 12.2 Å². The number of hydrogen-bond acceptors (Lipinski definition) is 2. The third-order valence-electron chi connectivity index (χ3n) is 1.43. The SMILES string of the molecule is CCC(C(=O)O)=C(C)OCCBr. The van der Waals surface area contributed by atoms with E-state index in [1.54, 1.807) is 13.8 Å². The molecule has 0 fully saturated rings. The molecule has 0 aliphatic rings. The van der Waals surface area contributed by atoms with Gasteiger partial charge in [0.2, 0.25) is 0 Å². The number of halogens is 1. The van der Waals surface area contributed by atoms with Crippen molar-refractivity contribution in [3.8, 4) is 0 Å². The number of carbonyl (C=O) groups is 1. The molecule has 3 nitrogen and oxygen atoms in total. The summed E-state index contributed by atoms with van der Waals surface area (Å²) in [5.74, 6) is -0.394. The van der Waals surface area contributed by atoms with Crippen LogP contribution in [0.1, 0.15) is 20.3 Å². The maximum Gasteiger partial charge on any atom is 0.334 e. The van der Waals surface area contributed by atoms with Crippen molar-refractivity contribution in [2.24, 2.45) is 0 Å². The molecule has 0 radical (unpaired) electrons. The number of rotatable bonds is 5. The van der Waals surface area contributed by atoms with Crippen molar-refractivity contribution in [1.82, 2.24) is 0 Å². The minimum Gasteiger partial charge on any atom is -0.497 e.